The number of amides is 1. The molecule has 0 spiro atoms. The zero-order valence-corrected chi connectivity index (χ0v) is 16.4. The highest BCUT2D eigenvalue weighted by atomic mass is 16.5. The van der Waals surface area contributed by atoms with E-state index in [9.17, 15) is 9.59 Å². The second kappa shape index (κ2) is 9.50. The van der Waals surface area contributed by atoms with E-state index < -0.39 is 0 Å². The molecule has 1 amide bonds. The number of hydrogen-bond acceptors (Lipinski definition) is 5. The Morgan fingerprint density at radius 3 is 2.41 bits per heavy atom. The summed E-state index contributed by atoms with van der Waals surface area (Å²) in [5.41, 5.74) is 3.55. The van der Waals surface area contributed by atoms with E-state index >= 15 is 0 Å². The van der Waals surface area contributed by atoms with Crippen LogP contribution in [0.15, 0.2) is 66.9 Å². The van der Waals surface area contributed by atoms with Gasteiger partial charge in [-0.2, -0.15) is 0 Å². The molecule has 0 aliphatic rings. The van der Waals surface area contributed by atoms with E-state index in [0.717, 1.165) is 24.4 Å². The number of carbonyl (C=O) groups is 2. The Bertz CT molecular complexity index is 983. The Hall–Kier alpha value is -3.67. The number of rotatable bonds is 8. The number of nitrogens with zero attached hydrogens (tertiary/aromatic N) is 1. The van der Waals surface area contributed by atoms with E-state index in [1.54, 1.807) is 43.6 Å². The highest BCUT2D eigenvalue weighted by Crippen LogP contribution is 2.14. The van der Waals surface area contributed by atoms with Crippen LogP contribution in [-0.2, 0) is 6.42 Å². The normalized spacial score (nSPS) is 10.3. The van der Waals surface area contributed by atoms with Gasteiger partial charge in [-0.25, -0.2) is 4.98 Å². The van der Waals surface area contributed by atoms with Crippen molar-refractivity contribution in [1.29, 1.82) is 0 Å². The lowest BCUT2D eigenvalue weighted by molar-refractivity contribution is 0.101. The number of anilines is 2. The summed E-state index contributed by atoms with van der Waals surface area (Å²) in [6.07, 6.45) is 2.48. The lowest BCUT2D eigenvalue weighted by Crippen LogP contribution is -2.14. The van der Waals surface area contributed by atoms with E-state index in [0.29, 0.717) is 16.9 Å². The van der Waals surface area contributed by atoms with Gasteiger partial charge in [-0.05, 0) is 67.4 Å². The molecule has 0 aliphatic heterocycles. The molecule has 0 aliphatic carbocycles. The summed E-state index contributed by atoms with van der Waals surface area (Å²) in [6.45, 7) is 2.24. The number of ketones is 1. The first-order valence-electron chi connectivity index (χ1n) is 9.30. The summed E-state index contributed by atoms with van der Waals surface area (Å²) >= 11 is 0. The molecule has 148 valence electrons. The van der Waals surface area contributed by atoms with Crippen molar-refractivity contribution >= 4 is 23.1 Å². The maximum Gasteiger partial charge on any atom is 0.274 e. The summed E-state index contributed by atoms with van der Waals surface area (Å²) < 4.78 is 5.23. The van der Waals surface area contributed by atoms with Crippen LogP contribution in [0, 0.1) is 0 Å². The van der Waals surface area contributed by atoms with Crippen LogP contribution >= 0.6 is 0 Å². The molecular weight excluding hydrogens is 366 g/mol. The minimum atomic E-state index is -0.302. The molecule has 2 N–H and O–H groups in total. The van der Waals surface area contributed by atoms with Crippen molar-refractivity contribution in [3.05, 3.63) is 83.7 Å². The van der Waals surface area contributed by atoms with Gasteiger partial charge in [-0.3, -0.25) is 9.59 Å². The average molecular weight is 389 g/mol. The summed E-state index contributed by atoms with van der Waals surface area (Å²) in [4.78, 5) is 27.9. The first-order chi connectivity index (χ1) is 14.0. The Morgan fingerprint density at radius 2 is 1.76 bits per heavy atom. The summed E-state index contributed by atoms with van der Waals surface area (Å²) in [6, 6.07) is 18.2. The molecule has 0 bridgehead atoms. The highest BCUT2D eigenvalue weighted by Gasteiger charge is 2.08. The van der Waals surface area contributed by atoms with Gasteiger partial charge in [0, 0.05) is 17.8 Å². The predicted octanol–water partition coefficient (Wildman–Crippen LogP) is 4.20. The fourth-order valence-corrected chi connectivity index (χ4v) is 2.80. The van der Waals surface area contributed by atoms with Crippen LogP contribution < -0.4 is 15.4 Å². The highest BCUT2D eigenvalue weighted by molar-refractivity contribution is 6.03. The zero-order valence-electron chi connectivity index (χ0n) is 16.4. The molecule has 0 unspecified atom stereocenters. The molecule has 2 aromatic carbocycles. The number of carbonyl (C=O) groups excluding carboxylic acids is 2. The number of benzene rings is 2. The van der Waals surface area contributed by atoms with Gasteiger partial charge >= 0.3 is 0 Å². The number of Topliss-reactive ketones (excluding diaryl/α,β-unsaturated/α-hetero) is 1. The number of hydrogen-bond donors (Lipinski definition) is 2. The van der Waals surface area contributed by atoms with Gasteiger partial charge in [0.25, 0.3) is 5.91 Å². The van der Waals surface area contributed by atoms with Gasteiger partial charge in [0.15, 0.2) is 5.78 Å². The molecule has 1 aromatic heterocycles. The second-order valence-electron chi connectivity index (χ2n) is 6.55. The topological polar surface area (TPSA) is 80.3 Å². The molecule has 6 heteroatoms. The third-order valence-electron chi connectivity index (χ3n) is 4.42. The molecule has 0 saturated carbocycles. The number of aromatic nitrogens is 1. The SMILES string of the molecule is COc1cccc(CCNc2ccc(C(=O)Nc3ccc(C(C)=O)cc3)nc2)c1. The largest absolute Gasteiger partial charge is 0.497 e. The number of methoxy groups -OCH3 is 1. The van der Waals surface area contributed by atoms with Crippen LogP contribution in [0.5, 0.6) is 5.75 Å². The quantitative estimate of drug-likeness (QED) is 0.565. The third kappa shape index (κ3) is 5.65. The molecule has 0 atom stereocenters. The molecule has 6 nitrogen and oxygen atoms in total. The lowest BCUT2D eigenvalue weighted by Gasteiger charge is -2.09. The van der Waals surface area contributed by atoms with Crippen LogP contribution in [0.25, 0.3) is 0 Å². The smallest absolute Gasteiger partial charge is 0.274 e. The van der Waals surface area contributed by atoms with E-state index in [2.05, 4.69) is 21.7 Å². The van der Waals surface area contributed by atoms with E-state index in [1.807, 2.05) is 24.3 Å². The predicted molar refractivity (Wildman–Crippen MR) is 114 cm³/mol. The van der Waals surface area contributed by atoms with Crippen molar-refractivity contribution in [2.45, 2.75) is 13.3 Å². The first kappa shape index (κ1) is 20.1. The first-order valence-corrected chi connectivity index (χ1v) is 9.30. The van der Waals surface area contributed by atoms with Crippen molar-refractivity contribution in [3.8, 4) is 5.75 Å². The van der Waals surface area contributed by atoms with Crippen LogP contribution in [0.4, 0.5) is 11.4 Å². The maximum absolute atomic E-state index is 12.3. The molecule has 3 rings (SSSR count). The fraction of sp³-hybridized carbons (Fsp3) is 0.174. The molecule has 0 radical (unpaired) electrons. The van der Waals surface area contributed by atoms with Crippen molar-refractivity contribution in [1.82, 2.24) is 4.98 Å². The Kier molecular flexibility index (Phi) is 6.58. The average Bonchev–Trinajstić information content (AvgIpc) is 2.74. The Labute approximate surface area is 169 Å². The molecule has 29 heavy (non-hydrogen) atoms. The summed E-state index contributed by atoms with van der Waals surface area (Å²) in [7, 11) is 1.65. The minimum absolute atomic E-state index is 0.0148. The fourth-order valence-electron chi connectivity index (χ4n) is 2.80. The van der Waals surface area contributed by atoms with Gasteiger partial charge in [0.05, 0.1) is 19.0 Å². The van der Waals surface area contributed by atoms with Crippen LogP contribution in [-0.4, -0.2) is 30.3 Å². The monoisotopic (exact) mass is 389 g/mol. The number of pyridine rings is 1. The van der Waals surface area contributed by atoms with Gasteiger partial charge in [-0.1, -0.05) is 12.1 Å². The van der Waals surface area contributed by atoms with Crippen molar-refractivity contribution in [3.63, 3.8) is 0 Å². The van der Waals surface area contributed by atoms with Gasteiger partial charge < -0.3 is 15.4 Å². The van der Waals surface area contributed by atoms with E-state index in [4.69, 9.17) is 4.74 Å². The molecule has 0 saturated heterocycles. The minimum Gasteiger partial charge on any atom is -0.497 e. The van der Waals surface area contributed by atoms with E-state index in [-0.39, 0.29) is 11.7 Å². The summed E-state index contributed by atoms with van der Waals surface area (Å²) in [5.74, 6) is 0.526. The maximum atomic E-state index is 12.3. The van der Waals surface area contributed by atoms with E-state index in [1.165, 1.54) is 12.5 Å². The van der Waals surface area contributed by atoms with Crippen LogP contribution in [0.2, 0.25) is 0 Å². The van der Waals surface area contributed by atoms with Crippen LogP contribution in [0.1, 0.15) is 33.3 Å². The molecule has 0 fully saturated rings. The number of ether oxygens (including phenoxy) is 1. The van der Waals surface area contributed by atoms with Gasteiger partial charge in [0.2, 0.25) is 0 Å². The van der Waals surface area contributed by atoms with Crippen molar-refractivity contribution in [2.24, 2.45) is 0 Å². The van der Waals surface area contributed by atoms with Crippen LogP contribution in [0.3, 0.4) is 0 Å². The Morgan fingerprint density at radius 1 is 1.00 bits per heavy atom. The second-order valence-corrected chi connectivity index (χ2v) is 6.55. The molecular formula is C23H23N3O3. The van der Waals surface area contributed by atoms with Crippen molar-refractivity contribution in [2.75, 3.05) is 24.3 Å². The standard InChI is InChI=1S/C23H23N3O3/c1-16(27)18-6-8-19(9-7-18)26-23(28)22-11-10-20(15-25-22)24-13-12-17-4-3-5-21(14-17)29-2/h3-11,14-15,24H,12-13H2,1-2H3,(H,26,28). The van der Waals surface area contributed by atoms with Gasteiger partial charge in [-0.15, -0.1) is 0 Å². The van der Waals surface area contributed by atoms with Gasteiger partial charge in [0.1, 0.15) is 11.4 Å². The molecule has 1 heterocycles. The number of nitrogens with one attached hydrogen (secondary N) is 2. The lowest BCUT2D eigenvalue weighted by atomic mass is 10.1. The van der Waals surface area contributed by atoms with Crippen molar-refractivity contribution < 1.29 is 14.3 Å². The third-order valence-corrected chi connectivity index (χ3v) is 4.42. The Balaban J connectivity index is 1.52. The summed E-state index contributed by atoms with van der Waals surface area (Å²) in [5, 5.41) is 6.07. The molecule has 3 aromatic rings. The zero-order chi connectivity index (χ0) is 20.6.